The largest absolute Gasteiger partial charge is 0.479 e. The topological polar surface area (TPSA) is 189 Å². The molecule has 1 fully saturated rings. The summed E-state index contributed by atoms with van der Waals surface area (Å²) in [6, 6.07) is 5.31. The van der Waals surface area contributed by atoms with Crippen molar-refractivity contribution in [3.63, 3.8) is 0 Å². The van der Waals surface area contributed by atoms with Crippen molar-refractivity contribution in [3.05, 3.63) is 74.8 Å². The van der Waals surface area contributed by atoms with E-state index in [-0.39, 0.29) is 5.56 Å². The molecule has 4 aromatic rings. The van der Waals surface area contributed by atoms with E-state index in [1.165, 1.54) is 23.7 Å². The predicted molar refractivity (Wildman–Crippen MR) is 158 cm³/mol. The number of aliphatic carboxylic acids is 2. The molecule has 0 bridgehead atoms. The normalized spacial score (nSPS) is 18.3. The number of carboxylic acid groups (broad SMARTS) is 2. The minimum absolute atomic E-state index is 0.0337. The Balaban J connectivity index is 0.000000362. The first kappa shape index (κ1) is 33.5. The molecular weight excluding hydrogens is 652 g/mol. The van der Waals surface area contributed by atoms with Gasteiger partial charge in [0.2, 0.25) is 0 Å². The van der Waals surface area contributed by atoms with Crippen LogP contribution in [0.4, 0.5) is 8.78 Å². The highest BCUT2D eigenvalue weighted by molar-refractivity contribution is 7.16. The standard InChI is InChI=1S/C24H24ClF2N7OS.C4H6O6/c1-16-18(12-34(31-16)22-17(3-2-6-29-22)11-33-15-28-14-30-33)10-32-7-4-23(5-8-32)21-19(9-20(25)36-21)24(26,27)13-35-23;5-1(3(7)8)2(6)4(9)10/h2-3,6,9,12,14-15H,4-5,7-8,10-11,13H2,1H3;1-2,5-6H,(H,7,8)(H,9,10)/t;1-,2-/m.1/s1. The Morgan fingerprint density at radius 2 is 1.83 bits per heavy atom. The van der Waals surface area contributed by atoms with Crippen LogP contribution in [0.3, 0.4) is 0 Å². The molecule has 6 heterocycles. The number of halogens is 3. The fourth-order valence-electron chi connectivity index (χ4n) is 5.31. The van der Waals surface area contributed by atoms with Crippen LogP contribution in [0.2, 0.25) is 4.34 Å². The average Bonchev–Trinajstić information content (AvgIpc) is 3.77. The maximum absolute atomic E-state index is 14.4. The first-order valence-electron chi connectivity index (χ1n) is 14.0. The second kappa shape index (κ2) is 13.5. The third kappa shape index (κ3) is 7.08. The zero-order valence-corrected chi connectivity index (χ0v) is 25.9. The van der Waals surface area contributed by atoms with E-state index < -0.39 is 42.3 Å². The van der Waals surface area contributed by atoms with Crippen LogP contribution in [0, 0.1) is 6.92 Å². The Kier molecular flexibility index (Phi) is 9.81. The number of aryl methyl sites for hydroxylation is 1. The number of carbonyl (C=O) groups is 2. The van der Waals surface area contributed by atoms with E-state index in [9.17, 15) is 18.4 Å². The Hall–Kier alpha value is -3.87. The van der Waals surface area contributed by atoms with Crippen molar-refractivity contribution >= 4 is 34.9 Å². The number of hydrogen-bond donors (Lipinski definition) is 4. The lowest BCUT2D eigenvalue weighted by Crippen LogP contribution is -2.48. The number of nitrogens with zero attached hydrogens (tertiary/aromatic N) is 7. The summed E-state index contributed by atoms with van der Waals surface area (Å²) in [5.74, 6) is -5.78. The number of rotatable bonds is 8. The Morgan fingerprint density at radius 1 is 1.13 bits per heavy atom. The van der Waals surface area contributed by atoms with Crippen molar-refractivity contribution in [2.45, 2.75) is 56.6 Å². The van der Waals surface area contributed by atoms with Crippen molar-refractivity contribution in [1.29, 1.82) is 0 Å². The molecule has 4 aromatic heterocycles. The van der Waals surface area contributed by atoms with Crippen molar-refractivity contribution in [2.24, 2.45) is 0 Å². The fraction of sp³-hybridized carbons (Fsp3) is 0.429. The van der Waals surface area contributed by atoms with Gasteiger partial charge in [0.15, 0.2) is 18.0 Å². The zero-order valence-electron chi connectivity index (χ0n) is 24.3. The van der Waals surface area contributed by atoms with Gasteiger partial charge in [0.25, 0.3) is 5.92 Å². The molecule has 246 valence electrons. The maximum Gasteiger partial charge on any atom is 0.335 e. The third-order valence-electron chi connectivity index (χ3n) is 7.79. The van der Waals surface area contributed by atoms with Gasteiger partial charge in [-0.05, 0) is 31.9 Å². The van der Waals surface area contributed by atoms with Gasteiger partial charge in [0.05, 0.1) is 16.6 Å². The molecule has 4 N–H and O–H groups in total. The molecule has 18 heteroatoms. The average molecular weight is 682 g/mol. The summed E-state index contributed by atoms with van der Waals surface area (Å²) in [5.41, 5.74) is 2.35. The second-order valence-electron chi connectivity index (χ2n) is 10.9. The quantitative estimate of drug-likeness (QED) is 0.213. The molecule has 46 heavy (non-hydrogen) atoms. The molecule has 2 aliphatic rings. The number of fused-ring (bicyclic) bond motifs is 2. The number of likely N-dealkylation sites (tertiary alicyclic amines) is 1. The van der Waals surface area contributed by atoms with Crippen LogP contribution >= 0.6 is 22.9 Å². The van der Waals surface area contributed by atoms with Crippen molar-refractivity contribution in [3.8, 4) is 5.82 Å². The minimum Gasteiger partial charge on any atom is -0.479 e. The number of hydrogen-bond acceptors (Lipinski definition) is 11. The molecule has 2 atom stereocenters. The van der Waals surface area contributed by atoms with Gasteiger partial charge in [0.1, 0.15) is 24.9 Å². The van der Waals surface area contributed by atoms with Crippen LogP contribution in [0.5, 0.6) is 0 Å². The van der Waals surface area contributed by atoms with Crippen molar-refractivity contribution in [1.82, 2.24) is 34.4 Å². The van der Waals surface area contributed by atoms with Gasteiger partial charge >= 0.3 is 11.9 Å². The highest BCUT2D eigenvalue weighted by atomic mass is 35.5. The van der Waals surface area contributed by atoms with Gasteiger partial charge in [-0.2, -0.15) is 19.0 Å². The lowest BCUT2D eigenvalue weighted by molar-refractivity contribution is -0.182. The number of piperidine rings is 1. The van der Waals surface area contributed by atoms with E-state index in [0.717, 1.165) is 35.7 Å². The summed E-state index contributed by atoms with van der Waals surface area (Å²) in [6.07, 6.45) is 3.69. The van der Waals surface area contributed by atoms with Gasteiger partial charge < -0.3 is 25.2 Å². The van der Waals surface area contributed by atoms with E-state index >= 15 is 0 Å². The molecule has 0 aliphatic carbocycles. The minimum atomic E-state index is -2.99. The number of ether oxygens (including phenoxy) is 1. The van der Waals surface area contributed by atoms with Gasteiger partial charge in [-0.3, -0.25) is 4.90 Å². The Morgan fingerprint density at radius 3 is 2.46 bits per heavy atom. The zero-order chi connectivity index (χ0) is 33.2. The summed E-state index contributed by atoms with van der Waals surface area (Å²) < 4.78 is 38.6. The van der Waals surface area contributed by atoms with Crippen LogP contribution in [-0.2, 0) is 38.9 Å². The fourth-order valence-corrected chi connectivity index (χ4v) is 6.79. The molecule has 2 aliphatic heterocycles. The summed E-state index contributed by atoms with van der Waals surface area (Å²) in [7, 11) is 0. The van der Waals surface area contributed by atoms with Crippen LogP contribution in [0.1, 0.15) is 40.1 Å². The lowest BCUT2D eigenvalue weighted by Gasteiger charge is -2.45. The Labute approximate surface area is 269 Å². The summed E-state index contributed by atoms with van der Waals surface area (Å²) in [4.78, 5) is 31.0. The molecule has 0 radical (unpaired) electrons. The summed E-state index contributed by atoms with van der Waals surface area (Å²) >= 11 is 7.35. The van der Waals surface area contributed by atoms with Crippen LogP contribution in [-0.4, -0.2) is 98.7 Å². The smallest absolute Gasteiger partial charge is 0.335 e. The van der Waals surface area contributed by atoms with Crippen LogP contribution in [0.25, 0.3) is 5.82 Å². The predicted octanol–water partition coefficient (Wildman–Crippen LogP) is 2.42. The SMILES string of the molecule is Cc1nn(-c2ncccc2Cn2cncn2)cc1CN1CCC2(CC1)OCC(F)(F)c1cc(Cl)sc12.O=C(O)[C@H](O)[C@@H](O)C(=O)O. The molecule has 0 aromatic carbocycles. The number of carboxylic acids is 2. The molecule has 0 saturated carbocycles. The van der Waals surface area contributed by atoms with Crippen molar-refractivity contribution < 1.29 is 43.5 Å². The molecule has 1 saturated heterocycles. The highest BCUT2D eigenvalue weighted by Crippen LogP contribution is 2.52. The number of aliphatic hydroxyl groups is 2. The van der Waals surface area contributed by atoms with Gasteiger partial charge in [0, 0.05) is 53.6 Å². The highest BCUT2D eigenvalue weighted by Gasteiger charge is 2.51. The maximum atomic E-state index is 14.4. The van der Waals surface area contributed by atoms with Crippen LogP contribution in [0.15, 0.2) is 43.2 Å². The molecule has 0 amide bonds. The molecule has 6 rings (SSSR count). The molecule has 14 nitrogen and oxygen atoms in total. The van der Waals surface area contributed by atoms with E-state index in [4.69, 9.17) is 41.9 Å². The van der Waals surface area contributed by atoms with Gasteiger partial charge in [-0.25, -0.2) is 28.9 Å². The number of aliphatic hydroxyl groups excluding tert-OH is 2. The molecular formula is C28H30ClF2N7O7S. The number of aromatic nitrogens is 6. The lowest BCUT2D eigenvalue weighted by atomic mass is 9.84. The monoisotopic (exact) mass is 681 g/mol. The van der Waals surface area contributed by atoms with E-state index in [2.05, 4.69) is 20.0 Å². The number of pyridine rings is 1. The first-order valence-corrected chi connectivity index (χ1v) is 15.2. The summed E-state index contributed by atoms with van der Waals surface area (Å²) in [6.45, 7) is 4.10. The molecule has 1 spiro atoms. The van der Waals surface area contributed by atoms with E-state index in [1.807, 2.05) is 29.9 Å². The summed E-state index contributed by atoms with van der Waals surface area (Å²) in [5, 5.41) is 41.4. The van der Waals surface area contributed by atoms with Gasteiger partial charge in [-0.1, -0.05) is 17.7 Å². The number of thiophene rings is 1. The number of alkyl halides is 2. The van der Waals surface area contributed by atoms with Crippen molar-refractivity contribution in [2.75, 3.05) is 19.7 Å². The Bertz CT molecular complexity index is 1670. The second-order valence-corrected chi connectivity index (χ2v) is 12.6. The third-order valence-corrected chi connectivity index (χ3v) is 9.24. The van der Waals surface area contributed by atoms with Crippen LogP contribution < -0.4 is 0 Å². The molecule has 0 unspecified atom stereocenters. The van der Waals surface area contributed by atoms with E-state index in [0.29, 0.717) is 35.1 Å². The van der Waals surface area contributed by atoms with Gasteiger partial charge in [-0.15, -0.1) is 11.3 Å². The van der Waals surface area contributed by atoms with E-state index in [1.54, 1.807) is 17.2 Å². The first-order chi connectivity index (χ1) is 21.8.